The molecule has 0 aliphatic carbocycles. The molecule has 3 nitrogen and oxygen atoms in total. The van der Waals surface area contributed by atoms with E-state index in [1.807, 2.05) is 6.92 Å². The molecule has 0 aromatic heterocycles. The Balaban J connectivity index is 1.60. The number of fused-ring (bicyclic) bond motifs is 2. The third kappa shape index (κ3) is 2.95. The molecule has 1 aromatic rings. The van der Waals surface area contributed by atoms with Gasteiger partial charge in [-0.15, -0.1) is 0 Å². The standard InChI is InChI=1S/C17H22FNO2/c1-11(12-3-5-13(18)6-4-12)17(20)21-16-9-14-7-8-15(10-16)19(14)2/h3-6,11,14-16H,7-10H2,1-2H3. The SMILES string of the molecule is CC(C(=O)OC1CC2CCC(C1)N2C)c1ccc(F)cc1. The van der Waals surface area contributed by atoms with Crippen LogP contribution in [0.25, 0.3) is 0 Å². The molecular weight excluding hydrogens is 269 g/mol. The molecule has 4 heteroatoms. The molecule has 0 amide bonds. The highest BCUT2D eigenvalue weighted by molar-refractivity contribution is 5.77. The second kappa shape index (κ2) is 5.76. The van der Waals surface area contributed by atoms with Crippen molar-refractivity contribution in [2.24, 2.45) is 0 Å². The number of hydrogen-bond acceptors (Lipinski definition) is 3. The van der Waals surface area contributed by atoms with E-state index >= 15 is 0 Å². The molecule has 0 radical (unpaired) electrons. The van der Waals surface area contributed by atoms with Crippen molar-refractivity contribution in [1.82, 2.24) is 4.90 Å². The van der Waals surface area contributed by atoms with Gasteiger partial charge in [0.2, 0.25) is 0 Å². The number of carbonyl (C=O) groups excluding carboxylic acids is 1. The molecule has 3 atom stereocenters. The predicted molar refractivity (Wildman–Crippen MR) is 78.5 cm³/mol. The molecule has 3 rings (SSSR count). The lowest BCUT2D eigenvalue weighted by molar-refractivity contribution is -0.153. The van der Waals surface area contributed by atoms with Crippen molar-refractivity contribution in [2.75, 3.05) is 7.05 Å². The molecule has 2 saturated heterocycles. The summed E-state index contributed by atoms with van der Waals surface area (Å²) in [5, 5.41) is 0. The molecule has 2 fully saturated rings. The maximum atomic E-state index is 12.9. The van der Waals surface area contributed by atoms with Crippen LogP contribution in [0.3, 0.4) is 0 Å². The Morgan fingerprint density at radius 3 is 2.38 bits per heavy atom. The van der Waals surface area contributed by atoms with Crippen LogP contribution in [0.2, 0.25) is 0 Å². The second-order valence-corrected chi connectivity index (χ2v) is 6.35. The summed E-state index contributed by atoms with van der Waals surface area (Å²) in [6.07, 6.45) is 4.34. The summed E-state index contributed by atoms with van der Waals surface area (Å²) in [6.45, 7) is 1.82. The molecule has 2 aliphatic heterocycles. The van der Waals surface area contributed by atoms with Crippen LogP contribution in [-0.4, -0.2) is 36.1 Å². The number of hydrogen-bond donors (Lipinski definition) is 0. The second-order valence-electron chi connectivity index (χ2n) is 6.35. The molecular formula is C17H22FNO2. The summed E-state index contributed by atoms with van der Waals surface area (Å²) < 4.78 is 18.6. The highest BCUT2D eigenvalue weighted by atomic mass is 19.1. The number of nitrogens with zero attached hydrogens (tertiary/aromatic N) is 1. The topological polar surface area (TPSA) is 29.5 Å². The fourth-order valence-electron chi connectivity index (χ4n) is 3.61. The highest BCUT2D eigenvalue weighted by Crippen LogP contribution is 2.36. The predicted octanol–water partition coefficient (Wildman–Crippen LogP) is 3.10. The molecule has 1 aromatic carbocycles. The first kappa shape index (κ1) is 14.5. The minimum atomic E-state index is -0.345. The number of ether oxygens (including phenoxy) is 1. The molecule has 0 spiro atoms. The zero-order valence-corrected chi connectivity index (χ0v) is 12.6. The van der Waals surface area contributed by atoms with Gasteiger partial charge in [-0.2, -0.15) is 0 Å². The summed E-state index contributed by atoms with van der Waals surface area (Å²) in [5.74, 6) is -0.829. The van der Waals surface area contributed by atoms with E-state index < -0.39 is 0 Å². The van der Waals surface area contributed by atoms with Crippen molar-refractivity contribution in [3.8, 4) is 0 Å². The average Bonchev–Trinajstić information content (AvgIpc) is 2.69. The third-order valence-electron chi connectivity index (χ3n) is 5.06. The minimum Gasteiger partial charge on any atom is -0.462 e. The van der Waals surface area contributed by atoms with Gasteiger partial charge in [0.15, 0.2) is 0 Å². The summed E-state index contributed by atoms with van der Waals surface area (Å²) in [4.78, 5) is 14.7. The van der Waals surface area contributed by atoms with Gasteiger partial charge in [0, 0.05) is 12.1 Å². The number of esters is 1. The first-order valence-corrected chi connectivity index (χ1v) is 7.72. The lowest BCUT2D eigenvalue weighted by Gasteiger charge is -2.36. The molecule has 3 unspecified atom stereocenters. The van der Waals surface area contributed by atoms with Crippen LogP contribution >= 0.6 is 0 Å². The van der Waals surface area contributed by atoms with Gasteiger partial charge in [-0.3, -0.25) is 4.79 Å². The van der Waals surface area contributed by atoms with Crippen LogP contribution in [0.15, 0.2) is 24.3 Å². The normalized spacial score (nSPS) is 30.1. The van der Waals surface area contributed by atoms with E-state index in [9.17, 15) is 9.18 Å². The summed E-state index contributed by atoms with van der Waals surface area (Å²) in [5.41, 5.74) is 0.803. The van der Waals surface area contributed by atoms with Gasteiger partial charge in [0.25, 0.3) is 0 Å². The molecule has 21 heavy (non-hydrogen) atoms. The number of rotatable bonds is 3. The van der Waals surface area contributed by atoms with E-state index in [1.54, 1.807) is 12.1 Å². The number of carbonyl (C=O) groups is 1. The van der Waals surface area contributed by atoms with E-state index in [1.165, 1.54) is 25.0 Å². The lowest BCUT2D eigenvalue weighted by atomic mass is 9.99. The zero-order valence-electron chi connectivity index (χ0n) is 12.6. The fourth-order valence-corrected chi connectivity index (χ4v) is 3.61. The maximum Gasteiger partial charge on any atom is 0.313 e. The van der Waals surface area contributed by atoms with Gasteiger partial charge in [-0.1, -0.05) is 12.1 Å². The van der Waals surface area contributed by atoms with Crippen molar-refractivity contribution in [3.05, 3.63) is 35.6 Å². The Morgan fingerprint density at radius 1 is 1.24 bits per heavy atom. The Bertz CT molecular complexity index is 502. The van der Waals surface area contributed by atoms with E-state index in [4.69, 9.17) is 4.74 Å². The smallest absolute Gasteiger partial charge is 0.313 e. The molecule has 114 valence electrons. The van der Waals surface area contributed by atoms with Crippen molar-refractivity contribution in [1.29, 1.82) is 0 Å². The molecule has 0 N–H and O–H groups in total. The first-order chi connectivity index (χ1) is 10.0. The van der Waals surface area contributed by atoms with Crippen LogP contribution in [0.1, 0.15) is 44.1 Å². The van der Waals surface area contributed by atoms with Crippen molar-refractivity contribution in [2.45, 2.75) is 56.7 Å². The third-order valence-corrected chi connectivity index (χ3v) is 5.06. The molecule has 2 heterocycles. The van der Waals surface area contributed by atoms with Gasteiger partial charge < -0.3 is 9.64 Å². The van der Waals surface area contributed by atoms with Crippen LogP contribution < -0.4 is 0 Å². The average molecular weight is 291 g/mol. The summed E-state index contributed by atoms with van der Waals surface area (Å²) in [6, 6.07) is 7.19. The van der Waals surface area contributed by atoms with E-state index in [0.29, 0.717) is 12.1 Å². The van der Waals surface area contributed by atoms with Crippen molar-refractivity contribution in [3.63, 3.8) is 0 Å². The number of halogens is 1. The number of benzene rings is 1. The van der Waals surface area contributed by atoms with Crippen LogP contribution in [0.5, 0.6) is 0 Å². The largest absolute Gasteiger partial charge is 0.462 e. The van der Waals surface area contributed by atoms with E-state index in [-0.39, 0.29) is 23.8 Å². The van der Waals surface area contributed by atoms with Crippen LogP contribution in [-0.2, 0) is 9.53 Å². The Morgan fingerprint density at radius 2 is 1.81 bits per heavy atom. The Hall–Kier alpha value is -1.42. The Kier molecular flexibility index (Phi) is 3.98. The number of piperidine rings is 1. The van der Waals surface area contributed by atoms with Gasteiger partial charge >= 0.3 is 5.97 Å². The van der Waals surface area contributed by atoms with Crippen molar-refractivity contribution >= 4 is 5.97 Å². The Labute approximate surface area is 125 Å². The molecule has 2 aliphatic rings. The van der Waals surface area contributed by atoms with E-state index in [0.717, 1.165) is 18.4 Å². The lowest BCUT2D eigenvalue weighted by Crippen LogP contribution is -2.43. The monoisotopic (exact) mass is 291 g/mol. The molecule has 0 saturated carbocycles. The summed E-state index contributed by atoms with van der Waals surface area (Å²) >= 11 is 0. The quantitative estimate of drug-likeness (QED) is 0.802. The first-order valence-electron chi connectivity index (χ1n) is 7.72. The molecule has 2 bridgehead atoms. The fraction of sp³-hybridized carbons (Fsp3) is 0.588. The van der Waals surface area contributed by atoms with Crippen LogP contribution in [0.4, 0.5) is 4.39 Å². The zero-order chi connectivity index (χ0) is 15.0. The minimum absolute atomic E-state index is 0.0362. The highest BCUT2D eigenvalue weighted by Gasteiger charge is 2.40. The van der Waals surface area contributed by atoms with Crippen molar-refractivity contribution < 1.29 is 13.9 Å². The van der Waals surface area contributed by atoms with Gasteiger partial charge in [0.1, 0.15) is 11.9 Å². The van der Waals surface area contributed by atoms with Gasteiger partial charge in [-0.25, -0.2) is 4.39 Å². The van der Waals surface area contributed by atoms with Gasteiger partial charge in [-0.05, 0) is 57.4 Å². The van der Waals surface area contributed by atoms with Crippen LogP contribution in [0, 0.1) is 5.82 Å². The summed E-state index contributed by atoms with van der Waals surface area (Å²) in [7, 11) is 2.17. The van der Waals surface area contributed by atoms with E-state index in [2.05, 4.69) is 11.9 Å². The maximum absolute atomic E-state index is 12.9. The van der Waals surface area contributed by atoms with Gasteiger partial charge in [0.05, 0.1) is 5.92 Å².